The van der Waals surface area contributed by atoms with Crippen LogP contribution in [0.1, 0.15) is 38.4 Å². The summed E-state index contributed by atoms with van der Waals surface area (Å²) in [5, 5.41) is 13.0. The number of hydrogen-bond acceptors (Lipinski definition) is 5. The normalized spacial score (nSPS) is 17.6. The number of aliphatic hydroxyl groups is 1. The van der Waals surface area contributed by atoms with Gasteiger partial charge in [0.2, 0.25) is 0 Å². The predicted octanol–water partition coefficient (Wildman–Crippen LogP) is 2.79. The molecule has 1 saturated heterocycles. The molecule has 25 heavy (non-hydrogen) atoms. The average Bonchev–Trinajstić information content (AvgIpc) is 3.05. The van der Waals surface area contributed by atoms with E-state index in [1.807, 2.05) is 12.1 Å². The fraction of sp³-hybridized carbons (Fsp3) is 0.389. The molecular formula is C18H21FN4O2. The lowest BCUT2D eigenvalue weighted by atomic mass is 10.1. The van der Waals surface area contributed by atoms with Crippen LogP contribution in [0.15, 0.2) is 36.5 Å². The highest BCUT2D eigenvalue weighted by Gasteiger charge is 2.37. The quantitative estimate of drug-likeness (QED) is 0.892. The molecule has 6 nitrogen and oxygen atoms in total. The van der Waals surface area contributed by atoms with Gasteiger partial charge in [0.1, 0.15) is 23.1 Å². The summed E-state index contributed by atoms with van der Waals surface area (Å²) < 4.78 is 12.9. The third kappa shape index (κ3) is 3.93. The monoisotopic (exact) mass is 344 g/mol. The Morgan fingerprint density at radius 2 is 2.12 bits per heavy atom. The van der Waals surface area contributed by atoms with Gasteiger partial charge in [0.15, 0.2) is 0 Å². The van der Waals surface area contributed by atoms with Crippen LogP contribution >= 0.6 is 0 Å². The van der Waals surface area contributed by atoms with Gasteiger partial charge in [-0.2, -0.15) is 0 Å². The highest BCUT2D eigenvalue weighted by molar-refractivity contribution is 5.84. The fourth-order valence-corrected chi connectivity index (χ4v) is 2.96. The van der Waals surface area contributed by atoms with E-state index in [2.05, 4.69) is 15.3 Å². The van der Waals surface area contributed by atoms with Crippen LogP contribution in [0.3, 0.4) is 0 Å². The van der Waals surface area contributed by atoms with Crippen molar-refractivity contribution in [1.82, 2.24) is 14.9 Å². The van der Waals surface area contributed by atoms with Crippen molar-refractivity contribution >= 4 is 17.5 Å². The van der Waals surface area contributed by atoms with Crippen molar-refractivity contribution in [2.24, 2.45) is 0 Å². The molecule has 0 aromatic carbocycles. The molecule has 2 N–H and O–H groups in total. The summed E-state index contributed by atoms with van der Waals surface area (Å²) in [6, 6.07) is 8.18. The molecule has 0 saturated carbocycles. The molecule has 3 heterocycles. The second-order valence-corrected chi connectivity index (χ2v) is 6.65. The molecule has 0 aliphatic carbocycles. The Morgan fingerprint density at radius 3 is 2.80 bits per heavy atom. The zero-order valence-corrected chi connectivity index (χ0v) is 14.2. The number of halogens is 1. The van der Waals surface area contributed by atoms with E-state index in [1.54, 1.807) is 11.0 Å². The van der Waals surface area contributed by atoms with E-state index in [0.29, 0.717) is 18.2 Å². The maximum atomic E-state index is 12.9. The Morgan fingerprint density at radius 1 is 1.32 bits per heavy atom. The van der Waals surface area contributed by atoms with Crippen LogP contribution in [0, 0.1) is 5.82 Å². The van der Waals surface area contributed by atoms with Crippen LogP contribution in [-0.2, 0) is 4.79 Å². The van der Waals surface area contributed by atoms with E-state index in [0.717, 1.165) is 24.7 Å². The average molecular weight is 344 g/mol. The van der Waals surface area contributed by atoms with E-state index < -0.39 is 11.4 Å². The van der Waals surface area contributed by atoms with Gasteiger partial charge in [-0.1, -0.05) is 6.07 Å². The number of pyridine rings is 2. The van der Waals surface area contributed by atoms with Crippen LogP contribution in [0.4, 0.5) is 16.0 Å². The highest BCUT2D eigenvalue weighted by Crippen LogP contribution is 2.33. The predicted molar refractivity (Wildman–Crippen MR) is 91.7 cm³/mol. The van der Waals surface area contributed by atoms with E-state index in [1.165, 1.54) is 26.0 Å². The number of carbonyl (C=O) groups is 1. The van der Waals surface area contributed by atoms with Crippen LogP contribution in [-0.4, -0.2) is 38.0 Å². The first-order valence-electron chi connectivity index (χ1n) is 8.23. The molecule has 3 rings (SSSR count). The number of nitrogens with one attached hydrogen (secondary N) is 1. The van der Waals surface area contributed by atoms with Gasteiger partial charge in [0.05, 0.1) is 17.9 Å². The zero-order valence-electron chi connectivity index (χ0n) is 14.2. The minimum atomic E-state index is -1.41. The Balaban J connectivity index is 1.80. The van der Waals surface area contributed by atoms with Gasteiger partial charge in [-0.15, -0.1) is 0 Å². The number of carbonyl (C=O) groups excluding carboxylic acids is 1. The third-order valence-corrected chi connectivity index (χ3v) is 4.13. The van der Waals surface area contributed by atoms with E-state index in [-0.39, 0.29) is 11.9 Å². The van der Waals surface area contributed by atoms with Crippen molar-refractivity contribution in [2.45, 2.75) is 38.3 Å². The van der Waals surface area contributed by atoms with Gasteiger partial charge in [-0.25, -0.2) is 14.4 Å². The summed E-state index contributed by atoms with van der Waals surface area (Å²) in [7, 11) is 0. The standard InChI is InChI=1S/C18H21FN4O2/c1-18(2,25)17(24)23-10-4-6-14(23)13-5-3-7-16(21-13)22-15-9-8-12(19)11-20-15/h3,5,7-9,11,14,25H,4,6,10H2,1-2H3,(H,20,21,22)/t14-/m1/s1. The number of nitrogens with zero attached hydrogens (tertiary/aromatic N) is 3. The van der Waals surface area contributed by atoms with Crippen molar-refractivity contribution in [3.63, 3.8) is 0 Å². The maximum Gasteiger partial charge on any atom is 0.254 e. The molecule has 132 valence electrons. The molecule has 0 radical (unpaired) electrons. The molecule has 2 aromatic rings. The van der Waals surface area contributed by atoms with Crippen LogP contribution < -0.4 is 5.32 Å². The molecule has 1 atom stereocenters. The molecule has 1 aliphatic rings. The summed E-state index contributed by atoms with van der Waals surface area (Å²) in [5.41, 5.74) is -0.654. The third-order valence-electron chi connectivity index (χ3n) is 4.13. The van der Waals surface area contributed by atoms with Crippen molar-refractivity contribution in [3.05, 3.63) is 48.0 Å². The number of anilines is 2. The topological polar surface area (TPSA) is 78.4 Å². The Kier molecular flexibility index (Phi) is 4.67. The lowest BCUT2D eigenvalue weighted by Crippen LogP contribution is -2.44. The first kappa shape index (κ1) is 17.3. The van der Waals surface area contributed by atoms with Gasteiger partial charge in [-0.3, -0.25) is 4.79 Å². The minimum absolute atomic E-state index is 0.165. The molecule has 2 aromatic heterocycles. The zero-order chi connectivity index (χ0) is 18.0. The van der Waals surface area contributed by atoms with Crippen molar-refractivity contribution in [1.29, 1.82) is 0 Å². The number of hydrogen-bond donors (Lipinski definition) is 2. The second-order valence-electron chi connectivity index (χ2n) is 6.65. The van der Waals surface area contributed by atoms with E-state index in [9.17, 15) is 14.3 Å². The number of amides is 1. The van der Waals surface area contributed by atoms with Crippen LogP contribution in [0.25, 0.3) is 0 Å². The highest BCUT2D eigenvalue weighted by atomic mass is 19.1. The molecule has 0 spiro atoms. The number of likely N-dealkylation sites (tertiary alicyclic amines) is 1. The van der Waals surface area contributed by atoms with Crippen molar-refractivity contribution < 1.29 is 14.3 Å². The lowest BCUT2D eigenvalue weighted by molar-refractivity contribution is -0.148. The maximum absolute atomic E-state index is 12.9. The van der Waals surface area contributed by atoms with Crippen molar-refractivity contribution in [3.8, 4) is 0 Å². The first-order chi connectivity index (χ1) is 11.8. The van der Waals surface area contributed by atoms with Gasteiger partial charge < -0.3 is 15.3 Å². The summed E-state index contributed by atoms with van der Waals surface area (Å²) in [6.07, 6.45) is 2.80. The molecule has 1 aliphatic heterocycles. The molecule has 1 amide bonds. The fourth-order valence-electron chi connectivity index (χ4n) is 2.96. The summed E-state index contributed by atoms with van der Waals surface area (Å²) >= 11 is 0. The summed E-state index contributed by atoms with van der Waals surface area (Å²) in [5.74, 6) is 0.357. The van der Waals surface area contributed by atoms with E-state index >= 15 is 0 Å². The summed E-state index contributed by atoms with van der Waals surface area (Å²) in [6.45, 7) is 3.60. The molecular weight excluding hydrogens is 323 g/mol. The molecule has 1 fully saturated rings. The number of aromatic nitrogens is 2. The summed E-state index contributed by atoms with van der Waals surface area (Å²) in [4.78, 5) is 22.6. The van der Waals surface area contributed by atoms with Gasteiger partial charge in [0, 0.05) is 6.54 Å². The van der Waals surface area contributed by atoms with Gasteiger partial charge >= 0.3 is 0 Å². The van der Waals surface area contributed by atoms with Crippen LogP contribution in [0.2, 0.25) is 0 Å². The van der Waals surface area contributed by atoms with Crippen molar-refractivity contribution in [2.75, 3.05) is 11.9 Å². The Bertz CT molecular complexity index is 758. The smallest absolute Gasteiger partial charge is 0.254 e. The van der Waals surface area contributed by atoms with E-state index in [4.69, 9.17) is 0 Å². The minimum Gasteiger partial charge on any atom is -0.381 e. The van der Waals surface area contributed by atoms with Crippen LogP contribution in [0.5, 0.6) is 0 Å². The largest absolute Gasteiger partial charge is 0.381 e. The molecule has 0 bridgehead atoms. The first-order valence-corrected chi connectivity index (χ1v) is 8.23. The van der Waals surface area contributed by atoms with Gasteiger partial charge in [-0.05, 0) is 51.0 Å². The number of rotatable bonds is 4. The Labute approximate surface area is 145 Å². The second kappa shape index (κ2) is 6.76. The SMILES string of the molecule is CC(C)(O)C(=O)N1CCC[C@@H]1c1cccc(Nc2ccc(F)cn2)n1. The molecule has 0 unspecified atom stereocenters. The van der Waals surface area contributed by atoms with Gasteiger partial charge in [0.25, 0.3) is 5.91 Å². The Hall–Kier alpha value is -2.54. The molecule has 7 heteroatoms. The lowest BCUT2D eigenvalue weighted by Gasteiger charge is -2.30.